The molecule has 14 heteroatoms. The van der Waals surface area contributed by atoms with Crippen LogP contribution in [0.1, 0.15) is 20.3 Å². The number of aliphatic hydroxyl groups is 1. The molecule has 2 aliphatic rings. The predicted molar refractivity (Wildman–Crippen MR) is 81.7 cm³/mol. The van der Waals surface area contributed by atoms with Gasteiger partial charge in [-0.15, -0.1) is 0 Å². The lowest BCUT2D eigenvalue weighted by atomic mass is 9.97. The number of rotatable bonds is 10. The van der Waals surface area contributed by atoms with Gasteiger partial charge in [-0.05, 0) is 19.3 Å². The monoisotopic (exact) mass is 414 g/mol. The minimum absolute atomic E-state index is 0.0876. The Morgan fingerprint density at radius 1 is 1.07 bits per heavy atom. The van der Waals surface area contributed by atoms with Gasteiger partial charge in [-0.3, -0.25) is 20.8 Å². The first-order valence-electron chi connectivity index (χ1n) is 8.63. The summed E-state index contributed by atoms with van der Waals surface area (Å²) in [5.41, 5.74) is 0. The van der Waals surface area contributed by atoms with Crippen LogP contribution in [0, 0.1) is 5.92 Å². The summed E-state index contributed by atoms with van der Waals surface area (Å²) in [6.07, 6.45) is -5.31. The van der Waals surface area contributed by atoms with Crippen LogP contribution in [0.3, 0.4) is 0 Å². The van der Waals surface area contributed by atoms with Crippen LogP contribution in [-0.4, -0.2) is 99.3 Å². The molecule has 7 atom stereocenters. The number of hydrogen-bond donors (Lipinski definition) is 5. The number of carbonyl (C=O) groups excluding carboxylic acids is 1. The van der Waals surface area contributed by atoms with Gasteiger partial charge in [0.2, 0.25) is 0 Å². The molecule has 2 aliphatic heterocycles. The molecule has 0 spiro atoms. The van der Waals surface area contributed by atoms with Crippen molar-refractivity contribution in [3.05, 3.63) is 0 Å². The molecule has 0 radical (unpaired) electrons. The summed E-state index contributed by atoms with van der Waals surface area (Å²) < 4.78 is 20.8. The van der Waals surface area contributed by atoms with Crippen molar-refractivity contribution in [3.8, 4) is 0 Å². The highest BCUT2D eigenvalue weighted by Gasteiger charge is 2.49. The van der Waals surface area contributed by atoms with E-state index in [9.17, 15) is 9.90 Å². The number of ether oxygens (including phenoxy) is 4. The number of nitrogens with zero attached hydrogens (tertiary/aromatic N) is 2. The van der Waals surface area contributed by atoms with Crippen molar-refractivity contribution in [1.82, 2.24) is 10.8 Å². The third-order valence-corrected chi connectivity index (χ3v) is 4.52. The van der Waals surface area contributed by atoms with Crippen molar-refractivity contribution in [3.63, 3.8) is 0 Å². The van der Waals surface area contributed by atoms with E-state index in [0.717, 1.165) is 0 Å². The Bertz CT molecular complexity index is 495. The normalized spacial score (nSPS) is 30.3. The van der Waals surface area contributed by atoms with Crippen molar-refractivity contribution in [2.45, 2.75) is 56.9 Å². The molecule has 164 valence electrons. The zero-order valence-electron chi connectivity index (χ0n) is 15.4. The van der Waals surface area contributed by atoms with Crippen LogP contribution in [-0.2, 0) is 28.6 Å². The molecule has 2 heterocycles. The average molecular weight is 414 g/mol. The highest BCUT2D eigenvalue weighted by atomic mass is 17.1. The van der Waals surface area contributed by atoms with Crippen LogP contribution in [0.4, 0.5) is 4.79 Å². The van der Waals surface area contributed by atoms with Crippen molar-refractivity contribution >= 4 is 6.16 Å². The highest BCUT2D eigenvalue weighted by Crippen LogP contribution is 2.29. The van der Waals surface area contributed by atoms with E-state index in [1.165, 1.54) is 6.92 Å². The molecular formula is C14H26N2O12. The van der Waals surface area contributed by atoms with Gasteiger partial charge in [0.15, 0.2) is 6.10 Å². The molecule has 5 N–H and O–H groups in total. The third-order valence-electron chi connectivity index (χ3n) is 4.52. The van der Waals surface area contributed by atoms with Crippen LogP contribution in [0.2, 0.25) is 0 Å². The van der Waals surface area contributed by atoms with Gasteiger partial charge in [0.05, 0.1) is 30.6 Å². The minimum atomic E-state index is -1.03. The molecular weight excluding hydrogens is 388 g/mol. The lowest BCUT2D eigenvalue weighted by Crippen LogP contribution is -2.42. The predicted octanol–water partition coefficient (Wildman–Crippen LogP) is -0.526. The smallest absolute Gasteiger partial charge is 0.434 e. The van der Waals surface area contributed by atoms with Gasteiger partial charge in [0, 0.05) is 0 Å². The number of hydrogen-bond acceptors (Lipinski definition) is 14. The molecule has 2 rings (SSSR count). The Morgan fingerprint density at radius 3 is 2.36 bits per heavy atom. The van der Waals surface area contributed by atoms with E-state index in [1.54, 1.807) is 6.92 Å². The fraction of sp³-hybridized carbons (Fsp3) is 0.929. The van der Waals surface area contributed by atoms with Crippen LogP contribution >= 0.6 is 0 Å². The van der Waals surface area contributed by atoms with Crippen molar-refractivity contribution in [2.24, 2.45) is 5.92 Å². The topological polar surface area (TPSA) is 180 Å². The largest absolute Gasteiger partial charge is 0.508 e. The maximum absolute atomic E-state index is 11.8. The molecule has 0 saturated carbocycles. The molecule has 2 fully saturated rings. The van der Waals surface area contributed by atoms with E-state index in [-0.39, 0.29) is 26.2 Å². The van der Waals surface area contributed by atoms with Crippen LogP contribution in [0.5, 0.6) is 0 Å². The lowest BCUT2D eigenvalue weighted by Gasteiger charge is -2.29. The van der Waals surface area contributed by atoms with Gasteiger partial charge in [0.25, 0.3) is 0 Å². The summed E-state index contributed by atoms with van der Waals surface area (Å²) in [7, 11) is 0. The first-order chi connectivity index (χ1) is 13.2. The first kappa shape index (κ1) is 23.1. The summed E-state index contributed by atoms with van der Waals surface area (Å²) in [6.45, 7) is 3.12. The van der Waals surface area contributed by atoms with E-state index < -0.39 is 59.5 Å². The summed E-state index contributed by atoms with van der Waals surface area (Å²) in [5.74, 6) is -0.475. The standard InChI is InChI=1S/C14H26N2O12/c1-7(11(28-16(21)22)8(2)27-15(19)20)3-4-23-14(18)26-10-6-25-12-9(17)5-24-13(10)12/h7-13,17,19-22H,3-6H2,1-2H3/t7?,8?,9-,10-,11?,12-,13-/m1/s1. The summed E-state index contributed by atoms with van der Waals surface area (Å²) >= 11 is 0. The zero-order valence-corrected chi connectivity index (χ0v) is 15.4. The minimum Gasteiger partial charge on any atom is -0.434 e. The van der Waals surface area contributed by atoms with E-state index in [0.29, 0.717) is 0 Å². The molecule has 0 bridgehead atoms. The Hall–Kier alpha value is -1.17. The molecule has 3 unspecified atom stereocenters. The fourth-order valence-electron chi connectivity index (χ4n) is 3.16. The van der Waals surface area contributed by atoms with Gasteiger partial charge >= 0.3 is 6.16 Å². The van der Waals surface area contributed by atoms with Crippen LogP contribution in [0.25, 0.3) is 0 Å². The van der Waals surface area contributed by atoms with Crippen molar-refractivity contribution in [2.75, 3.05) is 19.8 Å². The molecule has 0 amide bonds. The Kier molecular flexibility index (Phi) is 8.72. The molecule has 14 nitrogen and oxygen atoms in total. The van der Waals surface area contributed by atoms with E-state index in [1.807, 2.05) is 0 Å². The fourth-order valence-corrected chi connectivity index (χ4v) is 3.16. The Balaban J connectivity index is 1.74. The Labute approximate surface area is 160 Å². The second kappa shape index (κ2) is 10.6. The van der Waals surface area contributed by atoms with Gasteiger partial charge in [-0.2, -0.15) is 0 Å². The van der Waals surface area contributed by atoms with Gasteiger partial charge in [-0.1, -0.05) is 6.92 Å². The zero-order chi connectivity index (χ0) is 20.8. The second-order valence-corrected chi connectivity index (χ2v) is 6.57. The van der Waals surface area contributed by atoms with Crippen molar-refractivity contribution in [1.29, 1.82) is 0 Å². The van der Waals surface area contributed by atoms with Gasteiger partial charge in [0.1, 0.15) is 30.5 Å². The second-order valence-electron chi connectivity index (χ2n) is 6.57. The highest BCUT2D eigenvalue weighted by molar-refractivity contribution is 5.60. The maximum Gasteiger partial charge on any atom is 0.508 e. The summed E-state index contributed by atoms with van der Waals surface area (Å²) in [5, 5.41) is 43.7. The van der Waals surface area contributed by atoms with E-state index in [4.69, 9.17) is 44.6 Å². The van der Waals surface area contributed by atoms with Crippen LogP contribution in [0.15, 0.2) is 0 Å². The third kappa shape index (κ3) is 6.43. The molecule has 0 aliphatic carbocycles. The van der Waals surface area contributed by atoms with Gasteiger partial charge < -0.3 is 24.1 Å². The summed E-state index contributed by atoms with van der Waals surface area (Å²) in [6, 6.07) is 0. The number of aliphatic hydroxyl groups excluding tert-OH is 1. The van der Waals surface area contributed by atoms with Gasteiger partial charge in [-0.25, -0.2) is 14.5 Å². The first-order valence-corrected chi connectivity index (χ1v) is 8.63. The molecule has 2 saturated heterocycles. The maximum atomic E-state index is 11.8. The molecule has 0 aromatic rings. The quantitative estimate of drug-likeness (QED) is 0.227. The molecule has 28 heavy (non-hydrogen) atoms. The number of fused-ring (bicyclic) bond motifs is 1. The van der Waals surface area contributed by atoms with Crippen molar-refractivity contribution < 1.29 is 59.4 Å². The van der Waals surface area contributed by atoms with E-state index >= 15 is 0 Å². The summed E-state index contributed by atoms with van der Waals surface area (Å²) in [4.78, 5) is 21.2. The number of carbonyl (C=O) groups is 1. The average Bonchev–Trinajstić information content (AvgIpc) is 3.15. The Morgan fingerprint density at radius 2 is 1.71 bits per heavy atom. The molecule has 0 aromatic carbocycles. The molecule has 0 aromatic heterocycles. The lowest BCUT2D eigenvalue weighted by molar-refractivity contribution is -0.539. The SMILES string of the molecule is CC(CCOC(=O)O[C@@H]1CO[C@H]2[C@@H]1OC[C@H]2O)C(ON(O)O)C(C)ON(O)O. The van der Waals surface area contributed by atoms with E-state index in [2.05, 4.69) is 4.84 Å². The van der Waals surface area contributed by atoms with Crippen LogP contribution < -0.4 is 0 Å².